The smallest absolute Gasteiger partial charge is 0.387 e. The minimum Gasteiger partial charge on any atom is -0.490 e. The topological polar surface area (TPSA) is 60.1 Å². The van der Waals surface area contributed by atoms with Gasteiger partial charge in [0, 0.05) is 18.7 Å². The third kappa shape index (κ3) is 6.76. The molecule has 0 fully saturated rings. The van der Waals surface area contributed by atoms with E-state index in [9.17, 15) is 8.78 Å². The highest BCUT2D eigenvalue weighted by atomic mass is 127. The first kappa shape index (κ1) is 21.7. The zero-order valence-electron chi connectivity index (χ0n) is 13.6. The van der Waals surface area contributed by atoms with Crippen LogP contribution < -0.4 is 15.2 Å². The minimum atomic E-state index is -2.93. The van der Waals surface area contributed by atoms with Crippen molar-refractivity contribution in [2.45, 2.75) is 33.9 Å². The molecule has 0 spiro atoms. The number of benzene rings is 1. The fraction of sp³-hybridized carbons (Fsp3) is 0.533. The second-order valence-electron chi connectivity index (χ2n) is 4.40. The van der Waals surface area contributed by atoms with Gasteiger partial charge in [0.25, 0.3) is 0 Å². The lowest BCUT2D eigenvalue weighted by atomic mass is 10.2. The lowest BCUT2D eigenvalue weighted by Gasteiger charge is -2.19. The molecule has 0 aliphatic carbocycles. The van der Waals surface area contributed by atoms with Crippen molar-refractivity contribution in [1.29, 1.82) is 0 Å². The second kappa shape index (κ2) is 11.3. The summed E-state index contributed by atoms with van der Waals surface area (Å²) in [6, 6.07) is 4.96. The zero-order valence-corrected chi connectivity index (χ0v) is 15.9. The predicted molar refractivity (Wildman–Crippen MR) is 97.9 cm³/mol. The van der Waals surface area contributed by atoms with Gasteiger partial charge in [-0.25, -0.2) is 4.99 Å². The summed E-state index contributed by atoms with van der Waals surface area (Å²) in [6.45, 7) is 4.73. The van der Waals surface area contributed by atoms with E-state index < -0.39 is 6.61 Å². The number of para-hydroxylation sites is 1. The Morgan fingerprint density at radius 3 is 2.43 bits per heavy atom. The average Bonchev–Trinajstić information content (AvgIpc) is 2.48. The Labute approximate surface area is 152 Å². The van der Waals surface area contributed by atoms with Crippen LogP contribution in [-0.2, 0) is 6.54 Å². The zero-order chi connectivity index (χ0) is 16.5. The summed E-state index contributed by atoms with van der Waals surface area (Å²) in [7, 11) is 0. The molecule has 0 aromatic heterocycles. The van der Waals surface area contributed by atoms with E-state index in [1.54, 1.807) is 25.1 Å². The van der Waals surface area contributed by atoms with Crippen LogP contribution in [0.1, 0.15) is 26.3 Å². The monoisotopic (exact) mass is 443 g/mol. The van der Waals surface area contributed by atoms with Gasteiger partial charge in [0.05, 0.1) is 13.2 Å². The number of aliphatic imine (C=N–C) groups is 1. The molecule has 0 unspecified atom stereocenters. The molecule has 8 heteroatoms. The van der Waals surface area contributed by atoms with Crippen LogP contribution in [0.25, 0.3) is 0 Å². The first-order valence-corrected chi connectivity index (χ1v) is 7.27. The largest absolute Gasteiger partial charge is 0.490 e. The van der Waals surface area contributed by atoms with Crippen LogP contribution in [0.5, 0.6) is 11.5 Å². The number of hydrogen-bond acceptors (Lipinski definition) is 3. The summed E-state index contributed by atoms with van der Waals surface area (Å²) < 4.78 is 35.1. The van der Waals surface area contributed by atoms with E-state index in [0.717, 1.165) is 13.1 Å². The van der Waals surface area contributed by atoms with Crippen molar-refractivity contribution in [3.8, 4) is 11.5 Å². The first-order valence-electron chi connectivity index (χ1n) is 7.27. The van der Waals surface area contributed by atoms with E-state index in [4.69, 9.17) is 10.5 Å². The molecule has 132 valence electrons. The van der Waals surface area contributed by atoms with Crippen molar-refractivity contribution >= 4 is 29.9 Å². The molecule has 0 heterocycles. The molecular weight excluding hydrogens is 419 g/mol. The van der Waals surface area contributed by atoms with Crippen LogP contribution in [0, 0.1) is 0 Å². The van der Waals surface area contributed by atoms with Gasteiger partial charge in [0.15, 0.2) is 17.5 Å². The van der Waals surface area contributed by atoms with E-state index in [1.165, 1.54) is 0 Å². The Kier molecular flexibility index (Phi) is 10.6. The van der Waals surface area contributed by atoms with E-state index in [-0.39, 0.29) is 42.0 Å². The van der Waals surface area contributed by atoms with Gasteiger partial charge >= 0.3 is 6.61 Å². The third-order valence-corrected chi connectivity index (χ3v) is 3.07. The van der Waals surface area contributed by atoms with Crippen molar-refractivity contribution in [2.24, 2.45) is 10.7 Å². The number of alkyl halides is 2. The molecule has 0 atom stereocenters. The lowest BCUT2D eigenvalue weighted by molar-refractivity contribution is -0.0520. The fourth-order valence-corrected chi connectivity index (χ4v) is 1.99. The van der Waals surface area contributed by atoms with Gasteiger partial charge in [-0.2, -0.15) is 8.78 Å². The highest BCUT2D eigenvalue weighted by molar-refractivity contribution is 14.0. The van der Waals surface area contributed by atoms with E-state index in [0.29, 0.717) is 18.1 Å². The van der Waals surface area contributed by atoms with Gasteiger partial charge in [-0.15, -0.1) is 24.0 Å². The van der Waals surface area contributed by atoms with Crippen LogP contribution in [0.15, 0.2) is 23.2 Å². The molecule has 5 nitrogen and oxygen atoms in total. The number of ether oxygens (including phenoxy) is 2. The molecular formula is C15H24F2IN3O2. The summed E-state index contributed by atoms with van der Waals surface area (Å²) in [6.07, 6.45) is 0. The molecule has 1 aromatic rings. The summed E-state index contributed by atoms with van der Waals surface area (Å²) in [5.74, 6) is 0.655. The molecule has 0 aliphatic rings. The molecule has 1 aromatic carbocycles. The van der Waals surface area contributed by atoms with Crippen LogP contribution in [0.4, 0.5) is 8.78 Å². The Bertz CT molecular complexity index is 498. The fourth-order valence-electron chi connectivity index (χ4n) is 1.99. The van der Waals surface area contributed by atoms with Gasteiger partial charge in [-0.3, -0.25) is 0 Å². The van der Waals surface area contributed by atoms with Crippen molar-refractivity contribution in [3.63, 3.8) is 0 Å². The van der Waals surface area contributed by atoms with E-state index in [1.807, 2.05) is 18.7 Å². The second-order valence-corrected chi connectivity index (χ2v) is 4.40. The minimum absolute atomic E-state index is 0. The van der Waals surface area contributed by atoms with E-state index in [2.05, 4.69) is 9.73 Å². The molecule has 1 rings (SSSR count). The summed E-state index contributed by atoms with van der Waals surface area (Å²) in [4.78, 5) is 6.12. The lowest BCUT2D eigenvalue weighted by Crippen LogP contribution is -2.37. The molecule has 0 amide bonds. The standard InChI is InChI=1S/C15H23F2N3O2.HI/c1-4-20(5-2)15(18)19-10-11-8-7-9-12(21-6-3)13(11)22-14(16)17;/h7-9,14H,4-6,10H2,1-3H3,(H2,18,19);1H. The maximum Gasteiger partial charge on any atom is 0.387 e. The number of rotatable bonds is 8. The summed E-state index contributed by atoms with van der Waals surface area (Å²) in [5.41, 5.74) is 6.39. The summed E-state index contributed by atoms with van der Waals surface area (Å²) in [5, 5.41) is 0. The molecule has 0 saturated carbocycles. The number of hydrogen-bond donors (Lipinski definition) is 1. The third-order valence-electron chi connectivity index (χ3n) is 3.07. The van der Waals surface area contributed by atoms with Gasteiger partial charge < -0.3 is 20.1 Å². The molecule has 23 heavy (non-hydrogen) atoms. The van der Waals surface area contributed by atoms with Crippen LogP contribution in [0.2, 0.25) is 0 Å². The van der Waals surface area contributed by atoms with Crippen molar-refractivity contribution in [1.82, 2.24) is 4.90 Å². The van der Waals surface area contributed by atoms with Gasteiger partial charge in [0.2, 0.25) is 0 Å². The average molecular weight is 443 g/mol. The molecule has 0 aliphatic heterocycles. The number of halogens is 3. The van der Waals surface area contributed by atoms with Crippen LogP contribution in [0.3, 0.4) is 0 Å². The SMILES string of the molecule is CCOc1cccc(CN=C(N)N(CC)CC)c1OC(F)F.I. The maximum atomic E-state index is 12.6. The Morgan fingerprint density at radius 2 is 1.91 bits per heavy atom. The molecule has 0 bridgehead atoms. The maximum absolute atomic E-state index is 12.6. The molecule has 2 N–H and O–H groups in total. The Balaban J connectivity index is 0.00000484. The van der Waals surface area contributed by atoms with Crippen LogP contribution >= 0.6 is 24.0 Å². The van der Waals surface area contributed by atoms with Gasteiger partial charge in [-0.1, -0.05) is 12.1 Å². The summed E-state index contributed by atoms with van der Waals surface area (Å²) >= 11 is 0. The van der Waals surface area contributed by atoms with Crippen molar-refractivity contribution in [3.05, 3.63) is 23.8 Å². The van der Waals surface area contributed by atoms with Crippen molar-refractivity contribution < 1.29 is 18.3 Å². The number of nitrogens with zero attached hydrogens (tertiary/aromatic N) is 2. The molecule has 0 saturated heterocycles. The first-order chi connectivity index (χ1) is 10.5. The predicted octanol–water partition coefficient (Wildman–Crippen LogP) is 3.46. The number of guanidine groups is 1. The van der Waals surface area contributed by atoms with E-state index >= 15 is 0 Å². The highest BCUT2D eigenvalue weighted by Gasteiger charge is 2.15. The Hall–Kier alpha value is -1.32. The normalized spacial score (nSPS) is 11.1. The molecule has 0 radical (unpaired) electrons. The highest BCUT2D eigenvalue weighted by Crippen LogP contribution is 2.33. The quantitative estimate of drug-likeness (QED) is 0.380. The Morgan fingerprint density at radius 1 is 1.26 bits per heavy atom. The van der Waals surface area contributed by atoms with Gasteiger partial charge in [-0.05, 0) is 26.8 Å². The van der Waals surface area contributed by atoms with Crippen molar-refractivity contribution in [2.75, 3.05) is 19.7 Å². The number of nitrogens with two attached hydrogens (primary N) is 1. The van der Waals surface area contributed by atoms with Gasteiger partial charge in [0.1, 0.15) is 0 Å². The van der Waals surface area contributed by atoms with Crippen LogP contribution in [-0.4, -0.2) is 37.2 Å².